The Hall–Kier alpha value is -2.17. The van der Waals surface area contributed by atoms with Crippen molar-refractivity contribution >= 4 is 56.0 Å². The van der Waals surface area contributed by atoms with Gasteiger partial charge >= 0.3 is 6.18 Å². The quantitative estimate of drug-likeness (QED) is 0.431. The summed E-state index contributed by atoms with van der Waals surface area (Å²) in [7, 11) is 0. The van der Waals surface area contributed by atoms with Crippen molar-refractivity contribution in [2.45, 2.75) is 22.9 Å². The van der Waals surface area contributed by atoms with Crippen molar-refractivity contribution in [1.29, 1.82) is 0 Å². The Morgan fingerprint density at radius 2 is 2.11 bits per heavy atom. The molecule has 4 rings (SSSR count). The van der Waals surface area contributed by atoms with Crippen LogP contribution in [0.2, 0.25) is 0 Å². The third kappa shape index (κ3) is 3.28. The number of alkyl halides is 4. The molecule has 0 bridgehead atoms. The number of allylic oxidation sites excluding steroid dienone is 1. The zero-order valence-electron chi connectivity index (χ0n) is 13.9. The molecule has 5 nitrogen and oxygen atoms in total. The molecule has 0 aliphatic carbocycles. The molecule has 1 unspecified atom stereocenters. The summed E-state index contributed by atoms with van der Waals surface area (Å²) in [6.07, 6.45) is 3.36. The van der Waals surface area contributed by atoms with Gasteiger partial charge in [0.1, 0.15) is 5.65 Å². The fraction of sp³-hybridized carbons (Fsp3) is 0.278. The molecule has 1 amide bonds. The van der Waals surface area contributed by atoms with E-state index in [1.54, 1.807) is 24.8 Å². The van der Waals surface area contributed by atoms with Gasteiger partial charge < -0.3 is 9.88 Å². The van der Waals surface area contributed by atoms with Crippen LogP contribution in [0.3, 0.4) is 0 Å². The van der Waals surface area contributed by atoms with Crippen molar-refractivity contribution in [1.82, 2.24) is 19.9 Å². The molecule has 0 aromatic carbocycles. The SMILES string of the molecule is O=C(C(I)C(F)(F)F)N1C=C(c2ccnc3cnc4[nH]ccc4c23)CCC1. The third-order valence-electron chi connectivity index (χ3n) is 4.58. The smallest absolute Gasteiger partial charge is 0.346 e. The molecule has 140 valence electrons. The van der Waals surface area contributed by atoms with Gasteiger partial charge in [0.05, 0.1) is 11.7 Å². The minimum absolute atomic E-state index is 0.280. The van der Waals surface area contributed by atoms with E-state index in [0.717, 1.165) is 44.5 Å². The van der Waals surface area contributed by atoms with Crippen LogP contribution in [-0.2, 0) is 4.79 Å². The van der Waals surface area contributed by atoms with Crippen LogP contribution in [0.4, 0.5) is 13.2 Å². The second-order valence-electron chi connectivity index (χ2n) is 6.31. The summed E-state index contributed by atoms with van der Waals surface area (Å²) in [4.78, 5) is 25.2. The van der Waals surface area contributed by atoms with Gasteiger partial charge in [-0.2, -0.15) is 13.2 Å². The summed E-state index contributed by atoms with van der Waals surface area (Å²) in [5.41, 5.74) is 3.10. The molecule has 0 saturated heterocycles. The Kier molecular flexibility index (Phi) is 4.57. The van der Waals surface area contributed by atoms with Gasteiger partial charge in [-0.1, -0.05) is 22.6 Å². The van der Waals surface area contributed by atoms with Crippen molar-refractivity contribution in [3.8, 4) is 0 Å². The lowest BCUT2D eigenvalue weighted by atomic mass is 9.95. The molecule has 0 saturated carbocycles. The lowest BCUT2D eigenvalue weighted by molar-refractivity contribution is -0.153. The van der Waals surface area contributed by atoms with Gasteiger partial charge in [-0.15, -0.1) is 0 Å². The fourth-order valence-corrected chi connectivity index (χ4v) is 3.70. The molecule has 0 spiro atoms. The Balaban J connectivity index is 1.80. The molecule has 3 aromatic heterocycles. The first-order valence-electron chi connectivity index (χ1n) is 8.29. The number of halogens is 4. The number of aromatic nitrogens is 3. The highest BCUT2D eigenvalue weighted by Gasteiger charge is 2.44. The van der Waals surface area contributed by atoms with Gasteiger partial charge in [0.25, 0.3) is 0 Å². The summed E-state index contributed by atoms with van der Waals surface area (Å²) in [6.45, 7) is 0.280. The van der Waals surface area contributed by atoms with Gasteiger partial charge in [0, 0.05) is 35.9 Å². The summed E-state index contributed by atoms with van der Waals surface area (Å²) in [5, 5.41) is 1.77. The number of fused-ring (bicyclic) bond motifs is 3. The summed E-state index contributed by atoms with van der Waals surface area (Å²) >= 11 is 1.16. The van der Waals surface area contributed by atoms with Crippen molar-refractivity contribution in [3.63, 3.8) is 0 Å². The standard InChI is InChI=1S/C18H14F3IN4O/c19-18(20,21)15(22)17(27)26-7-1-2-10(9-26)11-3-5-23-13-8-25-16-12(14(11)13)4-6-24-16/h3-6,8-9,15H,1-2,7H2,(H,24,25). The van der Waals surface area contributed by atoms with E-state index in [2.05, 4.69) is 15.0 Å². The van der Waals surface area contributed by atoms with E-state index >= 15 is 0 Å². The predicted molar refractivity (Wildman–Crippen MR) is 104 cm³/mol. The lowest BCUT2D eigenvalue weighted by Gasteiger charge is -2.28. The minimum Gasteiger partial charge on any atom is -0.346 e. The Morgan fingerprint density at radius 3 is 2.89 bits per heavy atom. The number of amides is 1. The van der Waals surface area contributed by atoms with Crippen LogP contribution in [0.15, 0.2) is 36.9 Å². The summed E-state index contributed by atoms with van der Waals surface area (Å²) in [6, 6.07) is 3.73. The number of hydrogen-bond acceptors (Lipinski definition) is 3. The van der Waals surface area contributed by atoms with Crippen molar-refractivity contribution < 1.29 is 18.0 Å². The zero-order chi connectivity index (χ0) is 19.2. The molecule has 9 heteroatoms. The Labute approximate surface area is 165 Å². The fourth-order valence-electron chi connectivity index (χ4n) is 3.34. The number of pyridine rings is 2. The van der Waals surface area contributed by atoms with Crippen LogP contribution in [0.1, 0.15) is 18.4 Å². The van der Waals surface area contributed by atoms with Gasteiger partial charge in [0.2, 0.25) is 5.91 Å². The first kappa shape index (κ1) is 18.2. The number of aromatic amines is 1. The van der Waals surface area contributed by atoms with Crippen LogP contribution in [0.5, 0.6) is 0 Å². The Morgan fingerprint density at radius 1 is 1.30 bits per heavy atom. The van der Waals surface area contributed by atoms with E-state index in [4.69, 9.17) is 0 Å². The largest absolute Gasteiger partial charge is 0.409 e. The monoisotopic (exact) mass is 486 g/mol. The highest BCUT2D eigenvalue weighted by molar-refractivity contribution is 14.1. The molecular weight excluding hydrogens is 472 g/mol. The van der Waals surface area contributed by atoms with E-state index < -0.39 is 16.0 Å². The maximum Gasteiger partial charge on any atom is 0.409 e. The summed E-state index contributed by atoms with van der Waals surface area (Å²) in [5.74, 6) is -0.938. The maximum atomic E-state index is 12.9. The van der Waals surface area contributed by atoms with Crippen LogP contribution in [-0.4, -0.2) is 42.4 Å². The van der Waals surface area contributed by atoms with Crippen molar-refractivity contribution in [3.05, 3.63) is 42.5 Å². The molecule has 1 aliphatic heterocycles. The molecule has 0 fully saturated rings. The number of H-pyrrole nitrogens is 1. The van der Waals surface area contributed by atoms with E-state index in [-0.39, 0.29) is 6.54 Å². The minimum atomic E-state index is -4.56. The van der Waals surface area contributed by atoms with E-state index in [1.165, 1.54) is 4.90 Å². The number of carbonyl (C=O) groups is 1. The normalized spacial score (nSPS) is 16.6. The first-order valence-corrected chi connectivity index (χ1v) is 9.54. The van der Waals surface area contributed by atoms with Gasteiger partial charge in [0.15, 0.2) is 3.92 Å². The predicted octanol–water partition coefficient (Wildman–Crippen LogP) is 4.44. The molecule has 27 heavy (non-hydrogen) atoms. The van der Waals surface area contributed by atoms with Crippen LogP contribution < -0.4 is 0 Å². The van der Waals surface area contributed by atoms with E-state index in [9.17, 15) is 18.0 Å². The van der Waals surface area contributed by atoms with Crippen LogP contribution >= 0.6 is 22.6 Å². The number of hydrogen-bond donors (Lipinski definition) is 1. The third-order valence-corrected chi connectivity index (χ3v) is 5.82. The maximum absolute atomic E-state index is 12.9. The first-order chi connectivity index (χ1) is 12.9. The molecule has 1 atom stereocenters. The molecular formula is C18H14F3IN4O. The van der Waals surface area contributed by atoms with Gasteiger partial charge in [-0.25, -0.2) is 4.98 Å². The van der Waals surface area contributed by atoms with E-state index in [0.29, 0.717) is 24.0 Å². The topological polar surface area (TPSA) is 61.9 Å². The van der Waals surface area contributed by atoms with Crippen LogP contribution in [0.25, 0.3) is 27.5 Å². The van der Waals surface area contributed by atoms with Gasteiger partial charge in [-0.3, -0.25) is 9.78 Å². The van der Waals surface area contributed by atoms with Gasteiger partial charge in [-0.05, 0) is 36.1 Å². The highest BCUT2D eigenvalue weighted by Crippen LogP contribution is 2.35. The van der Waals surface area contributed by atoms with Crippen molar-refractivity contribution in [2.75, 3.05) is 6.54 Å². The second-order valence-corrected chi connectivity index (χ2v) is 7.56. The van der Waals surface area contributed by atoms with Crippen LogP contribution in [0, 0.1) is 0 Å². The number of nitrogens with zero attached hydrogens (tertiary/aromatic N) is 3. The lowest BCUT2D eigenvalue weighted by Crippen LogP contribution is -2.42. The number of nitrogens with one attached hydrogen (secondary N) is 1. The molecule has 0 radical (unpaired) electrons. The second kappa shape index (κ2) is 6.77. The average molecular weight is 486 g/mol. The number of rotatable bonds is 2. The zero-order valence-corrected chi connectivity index (χ0v) is 16.1. The number of carbonyl (C=O) groups excluding carboxylic acids is 1. The molecule has 1 aliphatic rings. The molecule has 1 N–H and O–H groups in total. The highest BCUT2D eigenvalue weighted by atomic mass is 127. The molecule has 4 heterocycles. The Bertz CT molecular complexity index is 1060. The molecule has 3 aromatic rings. The summed E-state index contributed by atoms with van der Waals surface area (Å²) < 4.78 is 36.7. The van der Waals surface area contributed by atoms with Crippen molar-refractivity contribution in [2.24, 2.45) is 0 Å². The average Bonchev–Trinajstić information content (AvgIpc) is 3.14. The van der Waals surface area contributed by atoms with E-state index in [1.807, 2.05) is 12.1 Å².